The van der Waals surface area contributed by atoms with Gasteiger partial charge in [0.2, 0.25) is 5.78 Å². The fraction of sp³-hybridized carbons (Fsp3) is 0.452. The lowest BCUT2D eigenvalue weighted by molar-refractivity contribution is -0.153. The van der Waals surface area contributed by atoms with Crippen molar-refractivity contribution in [3.05, 3.63) is 58.3 Å². The lowest BCUT2D eigenvalue weighted by Gasteiger charge is -2.50. The molecule has 42 heavy (non-hydrogen) atoms. The van der Waals surface area contributed by atoms with Gasteiger partial charge in [-0.15, -0.1) is 0 Å². The molecule has 1 aromatic carbocycles. The summed E-state index contributed by atoms with van der Waals surface area (Å²) in [4.78, 5) is 41.1. The Balaban J connectivity index is 1.71. The molecule has 1 fully saturated rings. The number of phenols is 1. The van der Waals surface area contributed by atoms with E-state index in [1.54, 1.807) is 26.4 Å². The van der Waals surface area contributed by atoms with E-state index in [1.807, 2.05) is 6.07 Å². The summed E-state index contributed by atoms with van der Waals surface area (Å²) in [5.41, 5.74) is 4.19. The third kappa shape index (κ3) is 4.43. The molecule has 0 bridgehead atoms. The van der Waals surface area contributed by atoms with Crippen molar-refractivity contribution in [1.29, 1.82) is 0 Å². The summed E-state index contributed by atoms with van der Waals surface area (Å²) in [5, 5.41) is 49.3. The normalized spacial score (nSPS) is 25.9. The maximum atomic E-state index is 14.1. The van der Waals surface area contributed by atoms with Gasteiger partial charge in [-0.05, 0) is 61.5 Å². The Labute approximate surface area is 243 Å². The van der Waals surface area contributed by atoms with Gasteiger partial charge >= 0.3 is 0 Å². The summed E-state index contributed by atoms with van der Waals surface area (Å²) >= 11 is 0. The smallest absolute Gasteiger partial charge is 0.255 e. The van der Waals surface area contributed by atoms with Crippen molar-refractivity contribution in [2.75, 3.05) is 20.6 Å². The van der Waals surface area contributed by atoms with Crippen molar-refractivity contribution in [2.24, 2.45) is 23.0 Å². The molecule has 0 unspecified atom stereocenters. The number of hydrogen-bond acceptors (Lipinski definition) is 10. The molecule has 224 valence electrons. The molecule has 7 N–H and O–H groups in total. The van der Waals surface area contributed by atoms with Crippen LogP contribution < -0.4 is 11.1 Å². The van der Waals surface area contributed by atoms with Crippen LogP contribution in [-0.4, -0.2) is 75.1 Å². The Morgan fingerprint density at radius 3 is 2.48 bits per heavy atom. The number of carbonyl (C=O) groups excluding carboxylic acids is 3. The third-order valence-electron chi connectivity index (χ3n) is 8.60. The van der Waals surface area contributed by atoms with Crippen LogP contribution in [0, 0.1) is 17.3 Å². The number of aliphatic hydroxyl groups is 3. The summed E-state index contributed by atoms with van der Waals surface area (Å²) < 4.78 is 5.33. The Morgan fingerprint density at radius 2 is 1.90 bits per heavy atom. The number of amides is 1. The molecular weight excluding hydrogens is 542 g/mol. The molecule has 0 aliphatic heterocycles. The highest BCUT2D eigenvalue weighted by Crippen LogP contribution is 2.54. The maximum Gasteiger partial charge on any atom is 0.255 e. The number of benzene rings is 1. The number of aromatic hydroxyl groups is 1. The first-order valence-electron chi connectivity index (χ1n) is 13.8. The second-order valence-corrected chi connectivity index (χ2v) is 12.9. The van der Waals surface area contributed by atoms with E-state index < -0.39 is 58.0 Å². The number of aliphatic hydroxyl groups excluding tert-OH is 2. The van der Waals surface area contributed by atoms with E-state index in [9.17, 15) is 34.8 Å². The molecule has 0 spiro atoms. The van der Waals surface area contributed by atoms with Crippen molar-refractivity contribution < 1.29 is 39.2 Å². The monoisotopic (exact) mass is 579 g/mol. The second-order valence-electron chi connectivity index (χ2n) is 12.9. The second kappa shape index (κ2) is 10.1. The number of hydrogen-bond donors (Lipinski definition) is 6. The van der Waals surface area contributed by atoms with Crippen LogP contribution in [0.4, 0.5) is 0 Å². The number of fused-ring (bicyclic) bond motifs is 3. The van der Waals surface area contributed by atoms with Crippen LogP contribution in [0.5, 0.6) is 5.75 Å². The third-order valence-corrected chi connectivity index (χ3v) is 8.60. The van der Waals surface area contributed by atoms with Gasteiger partial charge in [-0.1, -0.05) is 20.8 Å². The van der Waals surface area contributed by atoms with Crippen LogP contribution in [0.2, 0.25) is 0 Å². The van der Waals surface area contributed by atoms with E-state index >= 15 is 0 Å². The molecule has 3 aliphatic rings. The predicted octanol–water partition coefficient (Wildman–Crippen LogP) is 2.36. The first-order chi connectivity index (χ1) is 19.6. The zero-order chi connectivity index (χ0) is 30.9. The summed E-state index contributed by atoms with van der Waals surface area (Å²) in [6.07, 6.45) is 3.28. The number of rotatable bonds is 6. The topological polar surface area (TPSA) is 187 Å². The lowest BCUT2D eigenvalue weighted by Crippen LogP contribution is -2.65. The number of Topliss-reactive ketones (excluding diaryl/α,β-unsaturated/α-hetero) is 2. The van der Waals surface area contributed by atoms with Gasteiger partial charge in [0.25, 0.3) is 5.91 Å². The summed E-state index contributed by atoms with van der Waals surface area (Å²) in [5.74, 6) is -6.74. The number of phenolic OH excluding ortho intramolecular Hbond substituents is 1. The fourth-order valence-corrected chi connectivity index (χ4v) is 6.75. The van der Waals surface area contributed by atoms with Gasteiger partial charge in [0.1, 0.15) is 22.8 Å². The summed E-state index contributed by atoms with van der Waals surface area (Å²) in [6.45, 7) is 7.12. The molecule has 1 aromatic heterocycles. The lowest BCUT2D eigenvalue weighted by atomic mass is 9.57. The van der Waals surface area contributed by atoms with Crippen molar-refractivity contribution >= 4 is 23.2 Å². The zero-order valence-electron chi connectivity index (χ0n) is 24.3. The molecule has 0 saturated heterocycles. The van der Waals surface area contributed by atoms with Gasteiger partial charge in [-0.2, -0.15) is 0 Å². The van der Waals surface area contributed by atoms with E-state index in [4.69, 9.17) is 10.2 Å². The van der Waals surface area contributed by atoms with Crippen molar-refractivity contribution in [1.82, 2.24) is 10.2 Å². The molecule has 1 saturated carbocycles. The average molecular weight is 580 g/mol. The van der Waals surface area contributed by atoms with E-state index in [2.05, 4.69) is 26.1 Å². The van der Waals surface area contributed by atoms with Gasteiger partial charge in [0.05, 0.1) is 24.1 Å². The minimum atomic E-state index is -2.68. The fourth-order valence-electron chi connectivity index (χ4n) is 6.75. The van der Waals surface area contributed by atoms with Gasteiger partial charge in [-0.25, -0.2) is 0 Å². The van der Waals surface area contributed by atoms with Crippen LogP contribution in [-0.2, 0) is 27.3 Å². The summed E-state index contributed by atoms with van der Waals surface area (Å²) in [7, 11) is 3.13. The van der Waals surface area contributed by atoms with Crippen LogP contribution in [0.15, 0.2) is 46.0 Å². The van der Waals surface area contributed by atoms with Crippen molar-refractivity contribution in [3.63, 3.8) is 0 Å². The highest BCUT2D eigenvalue weighted by Gasteiger charge is 2.64. The highest BCUT2D eigenvalue weighted by atomic mass is 16.3. The van der Waals surface area contributed by atoms with E-state index in [1.165, 1.54) is 11.2 Å². The Morgan fingerprint density at radius 1 is 1.21 bits per heavy atom. The largest absolute Gasteiger partial charge is 0.508 e. The average Bonchev–Trinajstić information content (AvgIpc) is 3.41. The van der Waals surface area contributed by atoms with Crippen molar-refractivity contribution in [2.45, 2.75) is 51.8 Å². The zero-order valence-corrected chi connectivity index (χ0v) is 24.3. The number of primary amides is 1. The highest BCUT2D eigenvalue weighted by molar-refractivity contribution is 6.24. The Kier molecular flexibility index (Phi) is 7.11. The quantitative estimate of drug-likeness (QED) is 0.277. The van der Waals surface area contributed by atoms with Gasteiger partial charge in [0, 0.05) is 35.7 Å². The van der Waals surface area contributed by atoms with Crippen LogP contribution in [0.3, 0.4) is 0 Å². The number of carbonyl (C=O) groups is 3. The minimum Gasteiger partial charge on any atom is -0.508 e. The van der Waals surface area contributed by atoms with E-state index in [-0.39, 0.29) is 41.7 Å². The molecule has 4 atom stereocenters. The van der Waals surface area contributed by atoms with Gasteiger partial charge in [-0.3, -0.25) is 19.3 Å². The molecule has 5 rings (SSSR count). The molecular formula is C31H37N3O8. The standard InChI is InChI=1S/C31H37N3O8/c1-30(2,3)13-33-11-16-9-17(14-6-7-42-12-14)18-8-15-10-19-23(34(4)5)26(37)22(29(32)40)28(39)31(19,41)27(38)20(15)25(36)21(18)24(16)35/h6-7,9,12,15,19,23,33,35-36,39,41H,8,10-11,13H2,1-5H3,(H2,32,40)/t15-,19-,23+,31-/m0/s1. The number of furan rings is 1. The number of nitrogens with one attached hydrogen (secondary N) is 1. The molecule has 1 amide bonds. The molecule has 1 heterocycles. The van der Waals surface area contributed by atoms with Crippen LogP contribution in [0.25, 0.3) is 16.9 Å². The molecule has 2 aromatic rings. The first kappa shape index (κ1) is 29.6. The van der Waals surface area contributed by atoms with E-state index in [0.29, 0.717) is 28.8 Å². The Hall–Kier alpha value is -3.93. The van der Waals surface area contributed by atoms with Crippen molar-refractivity contribution in [3.8, 4) is 16.9 Å². The number of nitrogens with zero attached hydrogens (tertiary/aromatic N) is 1. The molecule has 3 aliphatic carbocycles. The first-order valence-corrected chi connectivity index (χ1v) is 13.8. The van der Waals surface area contributed by atoms with Crippen LogP contribution >= 0.6 is 0 Å². The number of ketones is 2. The number of nitrogens with two attached hydrogens (primary N) is 1. The molecule has 11 nitrogen and oxygen atoms in total. The minimum absolute atomic E-state index is 0.0201. The predicted molar refractivity (Wildman–Crippen MR) is 153 cm³/mol. The molecule has 11 heteroatoms. The summed E-state index contributed by atoms with van der Waals surface area (Å²) in [6, 6.07) is 2.45. The Bertz CT molecular complexity index is 1550. The number of likely N-dealkylation sites (N-methyl/N-ethyl adjacent to an activating group) is 1. The maximum absolute atomic E-state index is 14.1. The molecule has 0 radical (unpaired) electrons. The van der Waals surface area contributed by atoms with Crippen LogP contribution in [0.1, 0.15) is 43.9 Å². The van der Waals surface area contributed by atoms with Gasteiger partial charge < -0.3 is 35.9 Å². The van der Waals surface area contributed by atoms with Gasteiger partial charge in [0.15, 0.2) is 11.4 Å². The van der Waals surface area contributed by atoms with E-state index in [0.717, 1.165) is 0 Å². The SMILES string of the molecule is CN(C)[C@H]1C(=O)C(C(N)=O)=C(O)[C@@]2(O)C(=O)C3=C(O)c4c(O)c(CNCC(C)(C)C)cc(-c5ccoc5)c4C[C@H]3C[C@@H]12.